The van der Waals surface area contributed by atoms with Gasteiger partial charge in [-0.1, -0.05) is 0 Å². The Labute approximate surface area is 118 Å². The molecule has 0 aliphatic heterocycles. The van der Waals surface area contributed by atoms with E-state index in [0.29, 0.717) is 41.6 Å². The Hall–Kier alpha value is -1.21. The molecule has 1 atom stereocenters. The van der Waals surface area contributed by atoms with Crippen LogP contribution in [0.15, 0.2) is 6.33 Å². The molecule has 0 aliphatic carbocycles. The van der Waals surface area contributed by atoms with Crippen LogP contribution >= 0.6 is 11.6 Å². The molecule has 0 aliphatic rings. The standard InChI is InChI=1S/C11H15ClN4O2S/c1-18-11-9-10(13-7-14-11)16(5-6-19(2)17)8(15-9)3-4-12/h7H,3-6H2,1-2H3. The average Bonchev–Trinajstić information content (AvgIpc) is 2.74. The molecule has 2 aromatic heterocycles. The molecule has 2 aromatic rings. The van der Waals surface area contributed by atoms with Crippen molar-refractivity contribution in [2.24, 2.45) is 0 Å². The van der Waals surface area contributed by atoms with E-state index >= 15 is 0 Å². The van der Waals surface area contributed by atoms with E-state index in [-0.39, 0.29) is 0 Å². The van der Waals surface area contributed by atoms with Crippen LogP contribution in [0, 0.1) is 0 Å². The van der Waals surface area contributed by atoms with E-state index in [1.165, 1.54) is 6.33 Å². The number of fused-ring (bicyclic) bond motifs is 1. The van der Waals surface area contributed by atoms with Crippen molar-refractivity contribution in [2.45, 2.75) is 13.0 Å². The van der Waals surface area contributed by atoms with Crippen molar-refractivity contribution in [1.29, 1.82) is 0 Å². The van der Waals surface area contributed by atoms with Crippen LogP contribution in [0.25, 0.3) is 11.2 Å². The highest BCUT2D eigenvalue weighted by atomic mass is 35.5. The second-order valence-electron chi connectivity index (χ2n) is 3.95. The van der Waals surface area contributed by atoms with Crippen LogP contribution in [0.3, 0.4) is 0 Å². The number of ether oxygens (including phenoxy) is 1. The number of halogens is 1. The maximum Gasteiger partial charge on any atom is 0.245 e. The van der Waals surface area contributed by atoms with Crippen molar-refractivity contribution in [3.8, 4) is 5.88 Å². The smallest absolute Gasteiger partial charge is 0.245 e. The number of imidazole rings is 1. The van der Waals surface area contributed by atoms with Gasteiger partial charge < -0.3 is 9.30 Å². The van der Waals surface area contributed by atoms with Gasteiger partial charge in [0.25, 0.3) is 0 Å². The monoisotopic (exact) mass is 302 g/mol. The molecule has 0 N–H and O–H groups in total. The van der Waals surface area contributed by atoms with Gasteiger partial charge in [-0.15, -0.1) is 11.6 Å². The van der Waals surface area contributed by atoms with E-state index in [0.717, 1.165) is 5.82 Å². The first-order valence-electron chi connectivity index (χ1n) is 5.77. The largest absolute Gasteiger partial charge is 0.479 e. The normalized spacial score (nSPS) is 12.8. The third-order valence-electron chi connectivity index (χ3n) is 2.69. The van der Waals surface area contributed by atoms with Gasteiger partial charge in [0.2, 0.25) is 5.88 Å². The Kier molecular flexibility index (Phi) is 4.71. The third kappa shape index (κ3) is 3.03. The van der Waals surface area contributed by atoms with Crippen molar-refractivity contribution in [1.82, 2.24) is 19.5 Å². The average molecular weight is 303 g/mol. The van der Waals surface area contributed by atoms with E-state index in [1.54, 1.807) is 13.4 Å². The predicted octanol–water partition coefficient (Wildman–Crippen LogP) is 0.995. The Balaban J connectivity index is 2.50. The highest BCUT2D eigenvalue weighted by Gasteiger charge is 2.16. The molecular weight excluding hydrogens is 288 g/mol. The summed E-state index contributed by atoms with van der Waals surface area (Å²) in [6, 6.07) is 0. The fourth-order valence-electron chi connectivity index (χ4n) is 1.84. The van der Waals surface area contributed by atoms with Gasteiger partial charge in [0.05, 0.1) is 7.11 Å². The minimum Gasteiger partial charge on any atom is -0.479 e. The highest BCUT2D eigenvalue weighted by Crippen LogP contribution is 2.22. The molecule has 0 fully saturated rings. The number of hydrogen-bond donors (Lipinski definition) is 0. The van der Waals surface area contributed by atoms with Crippen LogP contribution in [0.4, 0.5) is 0 Å². The SMILES string of the molecule is COc1ncnc2c1nc(CCCl)n2CCS(C)=O. The number of methoxy groups -OCH3 is 1. The molecule has 0 aromatic carbocycles. The Bertz CT molecular complexity index is 602. The van der Waals surface area contributed by atoms with Crippen molar-refractivity contribution >= 4 is 33.6 Å². The Morgan fingerprint density at radius 2 is 2.26 bits per heavy atom. The zero-order chi connectivity index (χ0) is 13.8. The molecule has 1 unspecified atom stereocenters. The van der Waals surface area contributed by atoms with E-state index in [1.807, 2.05) is 4.57 Å². The highest BCUT2D eigenvalue weighted by molar-refractivity contribution is 7.84. The molecule has 0 saturated carbocycles. The molecule has 0 spiro atoms. The van der Waals surface area contributed by atoms with E-state index in [2.05, 4.69) is 15.0 Å². The van der Waals surface area contributed by atoms with Crippen LogP contribution in [-0.4, -0.2) is 48.7 Å². The maximum atomic E-state index is 11.3. The lowest BCUT2D eigenvalue weighted by molar-refractivity contribution is 0.401. The molecule has 0 amide bonds. The third-order valence-corrected chi connectivity index (χ3v) is 3.64. The summed E-state index contributed by atoms with van der Waals surface area (Å²) in [5.41, 5.74) is 1.31. The second-order valence-corrected chi connectivity index (χ2v) is 5.88. The van der Waals surface area contributed by atoms with Gasteiger partial charge in [0, 0.05) is 41.7 Å². The van der Waals surface area contributed by atoms with E-state index < -0.39 is 10.8 Å². The van der Waals surface area contributed by atoms with Crippen LogP contribution in [0.2, 0.25) is 0 Å². The van der Waals surface area contributed by atoms with Crippen molar-refractivity contribution in [3.63, 3.8) is 0 Å². The fraction of sp³-hybridized carbons (Fsp3) is 0.545. The number of aryl methyl sites for hydroxylation is 2. The van der Waals surface area contributed by atoms with Crippen LogP contribution in [0.1, 0.15) is 5.82 Å². The summed E-state index contributed by atoms with van der Waals surface area (Å²) < 4.78 is 18.4. The van der Waals surface area contributed by atoms with E-state index in [9.17, 15) is 4.21 Å². The number of alkyl halides is 1. The topological polar surface area (TPSA) is 69.9 Å². The Morgan fingerprint density at radius 1 is 1.47 bits per heavy atom. The molecule has 0 radical (unpaired) electrons. The molecule has 8 heteroatoms. The lowest BCUT2D eigenvalue weighted by Gasteiger charge is -2.06. The zero-order valence-electron chi connectivity index (χ0n) is 10.8. The lowest BCUT2D eigenvalue weighted by Crippen LogP contribution is -2.11. The van der Waals surface area contributed by atoms with Crippen molar-refractivity contribution < 1.29 is 8.95 Å². The van der Waals surface area contributed by atoms with Gasteiger partial charge in [-0.2, -0.15) is 4.98 Å². The summed E-state index contributed by atoms with van der Waals surface area (Å²) in [5, 5.41) is 0. The van der Waals surface area contributed by atoms with Crippen LogP contribution < -0.4 is 4.74 Å². The van der Waals surface area contributed by atoms with Gasteiger partial charge in [-0.05, 0) is 0 Å². The number of aromatic nitrogens is 4. The molecule has 2 heterocycles. The van der Waals surface area contributed by atoms with Gasteiger partial charge in [-0.25, -0.2) is 9.97 Å². The Morgan fingerprint density at radius 3 is 2.89 bits per heavy atom. The summed E-state index contributed by atoms with van der Waals surface area (Å²) in [5.74, 6) is 2.27. The predicted molar refractivity (Wildman–Crippen MR) is 75.2 cm³/mol. The minimum absolute atomic E-state index is 0.442. The van der Waals surface area contributed by atoms with Gasteiger partial charge in [-0.3, -0.25) is 4.21 Å². The fourth-order valence-corrected chi connectivity index (χ4v) is 2.45. The molecule has 0 saturated heterocycles. The van der Waals surface area contributed by atoms with Crippen molar-refractivity contribution in [2.75, 3.05) is 25.0 Å². The first-order chi connectivity index (χ1) is 9.17. The van der Waals surface area contributed by atoms with Crippen molar-refractivity contribution in [3.05, 3.63) is 12.2 Å². The molecular formula is C11H15ClN4O2S. The number of hydrogen-bond acceptors (Lipinski definition) is 5. The molecule has 0 bridgehead atoms. The summed E-state index contributed by atoms with van der Waals surface area (Å²) in [6.07, 6.45) is 3.74. The van der Waals surface area contributed by atoms with Crippen LogP contribution in [0.5, 0.6) is 5.88 Å². The summed E-state index contributed by atoms with van der Waals surface area (Å²) in [4.78, 5) is 12.8. The maximum absolute atomic E-state index is 11.3. The summed E-state index contributed by atoms with van der Waals surface area (Å²) >= 11 is 5.79. The number of nitrogens with zero attached hydrogens (tertiary/aromatic N) is 4. The summed E-state index contributed by atoms with van der Waals surface area (Å²) in [7, 11) is 0.676. The summed E-state index contributed by atoms with van der Waals surface area (Å²) in [6.45, 7) is 0.589. The van der Waals surface area contributed by atoms with Crippen LogP contribution in [-0.2, 0) is 23.8 Å². The quantitative estimate of drug-likeness (QED) is 0.744. The number of rotatable bonds is 6. The molecule has 6 nitrogen and oxygen atoms in total. The first-order valence-corrected chi connectivity index (χ1v) is 8.03. The molecule has 19 heavy (non-hydrogen) atoms. The molecule has 104 valence electrons. The van der Waals surface area contributed by atoms with Gasteiger partial charge >= 0.3 is 0 Å². The lowest BCUT2D eigenvalue weighted by atomic mass is 10.4. The van der Waals surface area contributed by atoms with Gasteiger partial charge in [0.15, 0.2) is 11.2 Å². The molecule has 2 rings (SSSR count). The van der Waals surface area contributed by atoms with Gasteiger partial charge in [0.1, 0.15) is 12.2 Å². The zero-order valence-corrected chi connectivity index (χ0v) is 12.4. The van der Waals surface area contributed by atoms with E-state index in [4.69, 9.17) is 16.3 Å². The first kappa shape index (κ1) is 14.2. The second kappa shape index (κ2) is 6.29. The minimum atomic E-state index is -0.869.